The minimum Gasteiger partial charge on any atom is -0.413 e. The van der Waals surface area contributed by atoms with Crippen LogP contribution >= 0.6 is 0 Å². The Labute approximate surface area is 259 Å². The van der Waals surface area contributed by atoms with Crippen LogP contribution in [0.25, 0.3) is 0 Å². The molecule has 0 N–H and O–H groups in total. The maximum absolute atomic E-state index is 13.7. The third kappa shape index (κ3) is 6.67. The van der Waals surface area contributed by atoms with E-state index in [-0.39, 0.29) is 40.9 Å². The van der Waals surface area contributed by atoms with Crippen LogP contribution in [0, 0.1) is 22.0 Å². The normalized spacial score (nSPS) is 20.4. The van der Waals surface area contributed by atoms with Crippen LogP contribution in [0.2, 0.25) is 18.1 Å². The fraction of sp³-hybridized carbons (Fsp3) is 0.500. The van der Waals surface area contributed by atoms with Gasteiger partial charge < -0.3 is 19.0 Å². The van der Waals surface area contributed by atoms with Gasteiger partial charge in [0.15, 0.2) is 8.32 Å². The molecular weight excluding hydrogens is 580 g/mol. The number of hydrogen-bond donors (Lipinski definition) is 0. The molecule has 0 saturated carbocycles. The number of rotatable bonds is 14. The molecule has 2 aliphatic heterocycles. The van der Waals surface area contributed by atoms with Gasteiger partial charge in [-0.25, -0.2) is 9.59 Å². The number of non-ortho nitro benzene ring substituents is 1. The van der Waals surface area contributed by atoms with E-state index in [4.69, 9.17) is 9.16 Å². The van der Waals surface area contributed by atoms with Crippen LogP contribution in [-0.4, -0.2) is 78.2 Å². The lowest BCUT2D eigenvalue weighted by Gasteiger charge is -2.49. The number of nitro groups is 1. The molecule has 236 valence electrons. The van der Waals surface area contributed by atoms with Crippen LogP contribution < -0.4 is 0 Å². The van der Waals surface area contributed by atoms with Crippen molar-refractivity contribution >= 4 is 31.9 Å². The van der Waals surface area contributed by atoms with E-state index in [0.717, 1.165) is 29.4 Å². The molecule has 0 radical (unpaired) electrons. The summed E-state index contributed by atoms with van der Waals surface area (Å²) in [6.45, 7) is 11.5. The summed E-state index contributed by atoms with van der Waals surface area (Å²) in [7, 11) is -0.0512. The molecule has 1 aromatic carbocycles. The van der Waals surface area contributed by atoms with Gasteiger partial charge in [-0.3, -0.25) is 19.9 Å². The lowest BCUT2D eigenvalue weighted by atomic mass is 9.77. The van der Waals surface area contributed by atoms with E-state index in [1.54, 1.807) is 6.20 Å². The van der Waals surface area contributed by atoms with Gasteiger partial charge in [-0.05, 0) is 61.9 Å². The highest BCUT2D eigenvalue weighted by atomic mass is 28.4. The summed E-state index contributed by atoms with van der Waals surface area (Å²) >= 11 is 0. The molecule has 0 aliphatic carbocycles. The van der Waals surface area contributed by atoms with Crippen LogP contribution in [0.15, 0.2) is 59.9 Å². The van der Waals surface area contributed by atoms with Gasteiger partial charge in [-0.2, -0.15) is 0 Å². The first-order valence-corrected chi connectivity index (χ1v) is 17.8. The maximum atomic E-state index is 13.7. The Balaban J connectivity index is 1.58. The first-order valence-electron chi connectivity index (χ1n) is 15.3. The highest BCUT2D eigenvalue weighted by Crippen LogP contribution is 2.48. The SMILES string of the molecule is CC[Si](CC)(CC)O[C@H](C)[C@H]1C(=O)N2C(C(=O)OC(=O)c3ccc([N+](=O)[O-])cc3)=C(CN(C)CCc3ccccn3)[C@H](C)[C@H]12. The summed E-state index contributed by atoms with van der Waals surface area (Å²) in [6, 6.07) is 13.2. The number of benzene rings is 1. The Morgan fingerprint density at radius 3 is 2.32 bits per heavy atom. The lowest BCUT2D eigenvalue weighted by molar-refractivity contribution is -0.384. The number of likely N-dealkylation sites (N-methyl/N-ethyl adjacent to an activating group) is 1. The topological polar surface area (TPSA) is 132 Å². The van der Waals surface area contributed by atoms with Crippen LogP contribution in [0.5, 0.6) is 0 Å². The van der Waals surface area contributed by atoms with E-state index < -0.39 is 31.1 Å². The number of nitrogens with zero attached hydrogens (tertiary/aromatic N) is 4. The first-order chi connectivity index (χ1) is 21.0. The van der Waals surface area contributed by atoms with Gasteiger partial charge in [0, 0.05) is 49.5 Å². The zero-order valence-corrected chi connectivity index (χ0v) is 27.3. The summed E-state index contributed by atoms with van der Waals surface area (Å²) in [4.78, 5) is 58.7. The second-order valence-corrected chi connectivity index (χ2v) is 16.5. The predicted molar refractivity (Wildman–Crippen MR) is 167 cm³/mol. The van der Waals surface area contributed by atoms with Crippen LogP contribution in [0.1, 0.15) is 50.7 Å². The lowest BCUT2D eigenvalue weighted by Crippen LogP contribution is -2.65. The highest BCUT2D eigenvalue weighted by Gasteiger charge is 2.61. The predicted octanol–water partition coefficient (Wildman–Crippen LogP) is 4.99. The average molecular weight is 623 g/mol. The first kappa shape index (κ1) is 33.2. The Hall–Kier alpha value is -3.74. The summed E-state index contributed by atoms with van der Waals surface area (Å²) < 4.78 is 12.0. The van der Waals surface area contributed by atoms with E-state index in [0.29, 0.717) is 19.5 Å². The summed E-state index contributed by atoms with van der Waals surface area (Å²) in [6.07, 6.45) is 2.15. The largest absolute Gasteiger partial charge is 0.413 e. The Morgan fingerprint density at radius 1 is 1.09 bits per heavy atom. The van der Waals surface area contributed by atoms with Gasteiger partial charge in [0.05, 0.1) is 28.6 Å². The molecule has 12 heteroatoms. The molecule has 4 atom stereocenters. The molecule has 3 heterocycles. The van der Waals surface area contributed by atoms with E-state index in [1.165, 1.54) is 29.2 Å². The van der Waals surface area contributed by atoms with Crippen molar-refractivity contribution in [2.24, 2.45) is 11.8 Å². The van der Waals surface area contributed by atoms with Crippen molar-refractivity contribution in [1.29, 1.82) is 0 Å². The highest BCUT2D eigenvalue weighted by molar-refractivity contribution is 6.73. The van der Waals surface area contributed by atoms with Crippen LogP contribution in [-0.2, 0) is 25.2 Å². The minimum atomic E-state index is -1.99. The van der Waals surface area contributed by atoms with Crippen LogP contribution in [0.3, 0.4) is 0 Å². The third-order valence-electron chi connectivity index (χ3n) is 9.28. The van der Waals surface area contributed by atoms with Crippen molar-refractivity contribution in [3.05, 3.63) is 81.3 Å². The molecule has 1 saturated heterocycles. The van der Waals surface area contributed by atoms with Crippen LogP contribution in [0.4, 0.5) is 5.69 Å². The van der Waals surface area contributed by atoms with Crippen molar-refractivity contribution in [1.82, 2.24) is 14.8 Å². The summed E-state index contributed by atoms with van der Waals surface area (Å²) in [5.41, 5.74) is 1.58. The fourth-order valence-electron chi connectivity index (χ4n) is 6.43. The van der Waals surface area contributed by atoms with Crippen molar-refractivity contribution < 1.29 is 28.5 Å². The summed E-state index contributed by atoms with van der Waals surface area (Å²) in [5, 5.41) is 11.0. The van der Waals surface area contributed by atoms with Crippen molar-refractivity contribution in [2.75, 3.05) is 20.1 Å². The quantitative estimate of drug-likeness (QED) is 0.0714. The van der Waals surface area contributed by atoms with Crippen molar-refractivity contribution in [3.8, 4) is 0 Å². The minimum absolute atomic E-state index is 0.00370. The Morgan fingerprint density at radius 2 is 1.75 bits per heavy atom. The molecular formula is C32H42N4O7Si. The molecule has 4 rings (SSSR count). The zero-order chi connectivity index (χ0) is 32.2. The molecule has 44 heavy (non-hydrogen) atoms. The number of carbonyl (C=O) groups excluding carboxylic acids is 3. The number of nitro benzene ring substituents is 1. The number of pyridine rings is 1. The monoisotopic (exact) mass is 622 g/mol. The van der Waals surface area contributed by atoms with Gasteiger partial charge in [0.25, 0.3) is 5.69 Å². The van der Waals surface area contributed by atoms with E-state index in [9.17, 15) is 24.5 Å². The number of hydrogen-bond acceptors (Lipinski definition) is 9. The third-order valence-corrected chi connectivity index (χ3v) is 14.0. The van der Waals surface area contributed by atoms with Gasteiger partial charge in [0.2, 0.25) is 5.91 Å². The maximum Gasteiger partial charge on any atom is 0.362 e. The molecule has 2 aromatic rings. The molecule has 2 aliphatic rings. The standard InChI is InChI=1S/C32H42N4O7Si/c1-7-44(8-2,9-3)43-22(5)27-28-21(4)26(20-34(6)19-17-24-12-10-11-18-33-24)29(35(28)30(27)37)32(39)42-31(38)23-13-15-25(16-14-23)36(40)41/h10-16,18,21-22,27-28H,7-9,17,19-20H2,1-6H3/t21-,22+,27+,28+/m0/s1. The Kier molecular flexibility index (Phi) is 10.5. The zero-order valence-electron chi connectivity index (χ0n) is 26.3. The van der Waals surface area contributed by atoms with E-state index in [1.807, 2.05) is 39.1 Å². The van der Waals surface area contributed by atoms with Gasteiger partial charge in [-0.15, -0.1) is 0 Å². The number of fused-ring (bicyclic) bond motifs is 1. The second kappa shape index (κ2) is 13.9. The number of aromatic nitrogens is 1. The molecule has 11 nitrogen and oxygen atoms in total. The second-order valence-electron chi connectivity index (χ2n) is 11.7. The molecule has 1 amide bonds. The van der Waals surface area contributed by atoms with Crippen molar-refractivity contribution in [3.63, 3.8) is 0 Å². The number of esters is 2. The molecule has 0 spiro atoms. The van der Waals surface area contributed by atoms with Gasteiger partial charge in [-0.1, -0.05) is 33.8 Å². The summed E-state index contributed by atoms with van der Waals surface area (Å²) in [5.74, 6) is -2.63. The number of carbonyl (C=O) groups is 3. The molecule has 0 unspecified atom stereocenters. The molecule has 1 fully saturated rings. The average Bonchev–Trinajstić information content (AvgIpc) is 3.26. The molecule has 0 bridgehead atoms. The van der Waals surface area contributed by atoms with Gasteiger partial charge >= 0.3 is 11.9 Å². The van der Waals surface area contributed by atoms with E-state index >= 15 is 0 Å². The number of β-lactam (4-membered cyclic amide) rings is 1. The Bertz CT molecular complexity index is 1400. The smallest absolute Gasteiger partial charge is 0.362 e. The number of amides is 1. The van der Waals surface area contributed by atoms with E-state index in [2.05, 4.69) is 30.7 Å². The molecule has 1 aromatic heterocycles. The van der Waals surface area contributed by atoms with Crippen molar-refractivity contribution in [2.45, 2.75) is 71.3 Å². The fourth-order valence-corrected chi connectivity index (χ4v) is 9.36. The van der Waals surface area contributed by atoms with Gasteiger partial charge in [0.1, 0.15) is 5.70 Å². The number of ether oxygens (including phenoxy) is 1.